The topological polar surface area (TPSA) is 88.5 Å². The quantitative estimate of drug-likeness (QED) is 0.293. The first-order chi connectivity index (χ1) is 18.8. The van der Waals surface area contributed by atoms with E-state index in [0.717, 1.165) is 79.4 Å². The predicted octanol–water partition coefficient (Wildman–Crippen LogP) is 5.23. The molecule has 0 aromatic carbocycles. The SMILES string of the molecule is COc1ncc(-c2nc(N3CCCCC3)nc3c(CN4CCc5sccc5C4)c(C)sc23)cc1CS(C)(=O)=O. The zero-order valence-corrected chi connectivity index (χ0v) is 25.0. The molecule has 0 saturated carbocycles. The summed E-state index contributed by atoms with van der Waals surface area (Å²) in [4.78, 5) is 22.3. The van der Waals surface area contributed by atoms with Crippen LogP contribution in [0, 0.1) is 6.92 Å². The van der Waals surface area contributed by atoms with Gasteiger partial charge in [-0.05, 0) is 55.7 Å². The molecule has 1 saturated heterocycles. The fourth-order valence-corrected chi connectivity index (χ4v) is 8.38. The number of ether oxygens (including phenoxy) is 1. The van der Waals surface area contributed by atoms with Gasteiger partial charge in [0.25, 0.3) is 0 Å². The number of hydrogen-bond donors (Lipinski definition) is 0. The van der Waals surface area contributed by atoms with E-state index in [4.69, 9.17) is 14.7 Å². The number of fused-ring (bicyclic) bond motifs is 2. The molecule has 0 aliphatic carbocycles. The molecule has 6 rings (SSSR count). The summed E-state index contributed by atoms with van der Waals surface area (Å²) in [7, 11) is -1.76. The number of nitrogens with zero attached hydrogens (tertiary/aromatic N) is 5. The highest BCUT2D eigenvalue weighted by Gasteiger charge is 2.25. The highest BCUT2D eigenvalue weighted by Crippen LogP contribution is 2.39. The van der Waals surface area contributed by atoms with Gasteiger partial charge in [-0.15, -0.1) is 22.7 Å². The van der Waals surface area contributed by atoms with Gasteiger partial charge in [0.2, 0.25) is 11.8 Å². The van der Waals surface area contributed by atoms with Crippen molar-refractivity contribution in [1.29, 1.82) is 0 Å². The lowest BCUT2D eigenvalue weighted by molar-refractivity contribution is 0.248. The highest BCUT2D eigenvalue weighted by molar-refractivity contribution is 7.89. The molecule has 2 aliphatic rings. The van der Waals surface area contributed by atoms with Gasteiger partial charge in [-0.2, -0.15) is 0 Å². The second-order valence-electron chi connectivity index (χ2n) is 10.5. The first-order valence-corrected chi connectivity index (χ1v) is 17.1. The van der Waals surface area contributed by atoms with Gasteiger partial charge < -0.3 is 9.64 Å². The van der Waals surface area contributed by atoms with Crippen molar-refractivity contribution in [1.82, 2.24) is 19.9 Å². The van der Waals surface area contributed by atoms with Crippen molar-refractivity contribution >= 4 is 48.7 Å². The third-order valence-corrected chi connectivity index (χ3v) is 10.5. The zero-order chi connectivity index (χ0) is 27.1. The van der Waals surface area contributed by atoms with Crippen molar-refractivity contribution < 1.29 is 13.2 Å². The minimum Gasteiger partial charge on any atom is -0.481 e. The van der Waals surface area contributed by atoms with Crippen LogP contribution in [0.25, 0.3) is 21.5 Å². The number of anilines is 1. The summed E-state index contributed by atoms with van der Waals surface area (Å²) >= 11 is 3.58. The molecule has 2 aliphatic heterocycles. The molecule has 0 amide bonds. The van der Waals surface area contributed by atoms with Crippen molar-refractivity contribution in [2.45, 2.75) is 51.4 Å². The van der Waals surface area contributed by atoms with Crippen LogP contribution >= 0.6 is 22.7 Å². The van der Waals surface area contributed by atoms with E-state index in [9.17, 15) is 8.42 Å². The Balaban J connectivity index is 1.46. The van der Waals surface area contributed by atoms with Crippen molar-refractivity contribution in [2.24, 2.45) is 0 Å². The third kappa shape index (κ3) is 5.54. The zero-order valence-electron chi connectivity index (χ0n) is 22.6. The Morgan fingerprint density at radius 1 is 1.13 bits per heavy atom. The number of aromatic nitrogens is 3. The number of rotatable bonds is 7. The van der Waals surface area contributed by atoms with Crippen LogP contribution < -0.4 is 9.64 Å². The Kier molecular flexibility index (Phi) is 7.34. The number of sulfone groups is 1. The van der Waals surface area contributed by atoms with Crippen LogP contribution in [0.5, 0.6) is 5.88 Å². The van der Waals surface area contributed by atoms with Gasteiger partial charge in [0, 0.05) is 71.6 Å². The molecule has 0 atom stereocenters. The van der Waals surface area contributed by atoms with Gasteiger partial charge in [-0.25, -0.2) is 23.4 Å². The van der Waals surface area contributed by atoms with Crippen LogP contribution in [0.15, 0.2) is 23.7 Å². The molecule has 4 aromatic rings. The standard InChI is InChI=1S/C28H33N5O3S3/c1-18-22(16-32-11-7-23-19(15-32)8-12-37-23)25-26(38-18)24(30-28(31-25)33-9-5-4-6-10-33)20-13-21(17-39(3,34)35)27(36-2)29-14-20/h8,12-14H,4-7,9-11,15-17H2,1-3H3. The highest BCUT2D eigenvalue weighted by atomic mass is 32.2. The van der Waals surface area contributed by atoms with Crippen molar-refractivity contribution in [3.8, 4) is 17.1 Å². The van der Waals surface area contributed by atoms with E-state index in [2.05, 4.69) is 33.2 Å². The van der Waals surface area contributed by atoms with Crippen LogP contribution in [0.1, 0.15) is 45.7 Å². The molecule has 0 bridgehead atoms. The van der Waals surface area contributed by atoms with Crippen LogP contribution in [0.4, 0.5) is 5.95 Å². The van der Waals surface area contributed by atoms with Crippen LogP contribution in [0.3, 0.4) is 0 Å². The smallest absolute Gasteiger partial charge is 0.226 e. The molecular weight excluding hydrogens is 551 g/mol. The van der Waals surface area contributed by atoms with Crippen LogP contribution in [-0.4, -0.2) is 61.3 Å². The van der Waals surface area contributed by atoms with E-state index in [0.29, 0.717) is 11.4 Å². The van der Waals surface area contributed by atoms with Gasteiger partial charge in [-0.3, -0.25) is 4.90 Å². The summed E-state index contributed by atoms with van der Waals surface area (Å²) in [5, 5.41) is 2.20. The maximum absolute atomic E-state index is 12.2. The third-order valence-electron chi connectivity index (χ3n) is 7.54. The van der Waals surface area contributed by atoms with Crippen molar-refractivity contribution in [2.75, 3.05) is 37.9 Å². The normalized spacial score (nSPS) is 16.5. The number of thiophene rings is 2. The van der Waals surface area contributed by atoms with Crippen LogP contribution in [0.2, 0.25) is 0 Å². The van der Waals surface area contributed by atoms with E-state index in [1.54, 1.807) is 17.5 Å². The lowest BCUT2D eigenvalue weighted by Gasteiger charge is -2.28. The Morgan fingerprint density at radius 3 is 2.72 bits per heavy atom. The molecule has 0 radical (unpaired) electrons. The maximum atomic E-state index is 12.2. The molecule has 0 spiro atoms. The van der Waals surface area contributed by atoms with Gasteiger partial charge in [0.15, 0.2) is 9.84 Å². The van der Waals surface area contributed by atoms with Gasteiger partial charge in [-0.1, -0.05) is 0 Å². The second kappa shape index (κ2) is 10.8. The number of methoxy groups -OCH3 is 1. The van der Waals surface area contributed by atoms with Gasteiger partial charge >= 0.3 is 0 Å². The minimum atomic E-state index is -3.28. The Labute approximate surface area is 237 Å². The monoisotopic (exact) mass is 583 g/mol. The largest absolute Gasteiger partial charge is 0.481 e. The molecule has 206 valence electrons. The summed E-state index contributed by atoms with van der Waals surface area (Å²) in [6.07, 6.45) is 7.55. The molecule has 8 nitrogen and oxygen atoms in total. The summed E-state index contributed by atoms with van der Waals surface area (Å²) in [5.41, 5.74) is 5.83. The Morgan fingerprint density at radius 2 is 1.95 bits per heavy atom. The number of aryl methyl sites for hydroxylation is 1. The lowest BCUT2D eigenvalue weighted by atomic mass is 10.1. The number of pyridine rings is 1. The van der Waals surface area contributed by atoms with E-state index in [1.807, 2.05) is 17.4 Å². The average molecular weight is 584 g/mol. The first-order valence-electron chi connectivity index (χ1n) is 13.3. The molecule has 0 N–H and O–H groups in total. The predicted molar refractivity (Wildman–Crippen MR) is 159 cm³/mol. The van der Waals surface area contributed by atoms with E-state index >= 15 is 0 Å². The molecule has 11 heteroatoms. The average Bonchev–Trinajstić information content (AvgIpc) is 3.51. The first kappa shape index (κ1) is 26.6. The Hall–Kier alpha value is -2.60. The molecule has 6 heterocycles. The number of piperidine rings is 1. The Bertz CT molecular complexity index is 1620. The van der Waals surface area contributed by atoms with Gasteiger partial charge in [0.05, 0.1) is 28.8 Å². The molecule has 1 fully saturated rings. The summed E-state index contributed by atoms with van der Waals surface area (Å²) < 4.78 is 30.8. The van der Waals surface area contributed by atoms with E-state index in [-0.39, 0.29) is 5.75 Å². The molecular formula is C28H33N5O3S3. The van der Waals surface area contributed by atoms with E-state index < -0.39 is 9.84 Å². The van der Waals surface area contributed by atoms with Gasteiger partial charge in [0.1, 0.15) is 0 Å². The van der Waals surface area contributed by atoms with Crippen molar-refractivity contribution in [3.63, 3.8) is 0 Å². The summed E-state index contributed by atoms with van der Waals surface area (Å²) in [6.45, 7) is 6.90. The molecule has 4 aromatic heterocycles. The molecule has 39 heavy (non-hydrogen) atoms. The summed E-state index contributed by atoms with van der Waals surface area (Å²) in [6, 6.07) is 4.12. The fraction of sp³-hybridized carbons (Fsp3) is 0.464. The molecule has 0 unspecified atom stereocenters. The lowest BCUT2D eigenvalue weighted by Crippen LogP contribution is -2.31. The summed E-state index contributed by atoms with van der Waals surface area (Å²) in [5.74, 6) is 0.931. The van der Waals surface area contributed by atoms with Crippen LogP contribution in [-0.2, 0) is 35.1 Å². The second-order valence-corrected chi connectivity index (χ2v) is 14.9. The number of hydrogen-bond acceptors (Lipinski definition) is 10. The van der Waals surface area contributed by atoms with Crippen molar-refractivity contribution in [3.05, 3.63) is 50.2 Å². The fourth-order valence-electron chi connectivity index (χ4n) is 5.60. The maximum Gasteiger partial charge on any atom is 0.226 e. The minimum absolute atomic E-state index is 0.140. The van der Waals surface area contributed by atoms with E-state index in [1.165, 1.54) is 40.7 Å².